The molecule has 24 heavy (non-hydrogen) atoms. The lowest BCUT2D eigenvalue weighted by Crippen LogP contribution is -2.59. The van der Waals surface area contributed by atoms with Gasteiger partial charge in [-0.15, -0.1) is 0 Å². The highest BCUT2D eigenvalue weighted by Crippen LogP contribution is 2.23. The first-order valence-corrected chi connectivity index (χ1v) is 6.35. The number of barbiturate groups is 1. The first kappa shape index (κ1) is 19.5. The SMILES string of the molecule is O=C1C(CC=C(F)F)C(=O)N(CC=C(F)F)C(=O)N1CC=C(F)F. The molecule has 0 radical (unpaired) electrons. The molecule has 132 valence electrons. The minimum atomic E-state index is -2.22. The highest BCUT2D eigenvalue weighted by Gasteiger charge is 2.44. The maximum Gasteiger partial charge on any atom is 0.334 e. The maximum absolute atomic E-state index is 12.1. The van der Waals surface area contributed by atoms with Crippen molar-refractivity contribution in [3.63, 3.8) is 0 Å². The van der Waals surface area contributed by atoms with Crippen LogP contribution < -0.4 is 0 Å². The first-order chi connectivity index (χ1) is 11.1. The number of allylic oxidation sites excluding steroid dienone is 1. The molecule has 0 N–H and O–H groups in total. The molecule has 0 aromatic carbocycles. The second kappa shape index (κ2) is 8.31. The summed E-state index contributed by atoms with van der Waals surface area (Å²) in [5, 5.41) is 0. The predicted molar refractivity (Wildman–Crippen MR) is 67.8 cm³/mol. The van der Waals surface area contributed by atoms with E-state index in [1.807, 2.05) is 0 Å². The van der Waals surface area contributed by atoms with Crippen LogP contribution in [-0.2, 0) is 9.59 Å². The van der Waals surface area contributed by atoms with E-state index in [1.54, 1.807) is 0 Å². The number of carbonyl (C=O) groups is 3. The van der Waals surface area contributed by atoms with Crippen LogP contribution in [0, 0.1) is 5.92 Å². The molecule has 11 heteroatoms. The van der Waals surface area contributed by atoms with E-state index in [2.05, 4.69) is 0 Å². The fourth-order valence-corrected chi connectivity index (χ4v) is 1.88. The number of hydrogen-bond donors (Lipinski definition) is 0. The molecule has 0 aromatic rings. The standard InChI is InChI=1S/C13H10F6N2O3/c14-8(15)2-1-7-11(22)20(5-3-9(16)17)13(24)21(12(7)23)6-4-10(18)19/h2-4,7H,1,5-6H2. The third-order valence-corrected chi connectivity index (χ3v) is 2.95. The van der Waals surface area contributed by atoms with Gasteiger partial charge in [-0.05, 0) is 12.5 Å². The van der Waals surface area contributed by atoms with Crippen LogP contribution in [0.5, 0.6) is 0 Å². The fourth-order valence-electron chi connectivity index (χ4n) is 1.88. The van der Waals surface area contributed by atoms with Gasteiger partial charge in [-0.3, -0.25) is 19.4 Å². The van der Waals surface area contributed by atoms with Crippen LogP contribution in [0.15, 0.2) is 36.5 Å². The molecule has 1 heterocycles. The van der Waals surface area contributed by atoms with Crippen LogP contribution in [-0.4, -0.2) is 40.7 Å². The molecule has 0 atom stereocenters. The minimum Gasteiger partial charge on any atom is -0.273 e. The Morgan fingerprint density at radius 2 is 1.12 bits per heavy atom. The van der Waals surface area contributed by atoms with Crippen LogP contribution >= 0.6 is 0 Å². The van der Waals surface area contributed by atoms with Gasteiger partial charge in [0.05, 0.1) is 13.1 Å². The summed E-state index contributed by atoms with van der Waals surface area (Å²) in [6.07, 6.45) is -6.82. The van der Waals surface area contributed by atoms with Crippen LogP contribution in [0.2, 0.25) is 0 Å². The number of rotatable bonds is 6. The lowest BCUT2D eigenvalue weighted by Gasteiger charge is -2.35. The summed E-state index contributed by atoms with van der Waals surface area (Å²) in [6.45, 7) is -1.85. The van der Waals surface area contributed by atoms with Gasteiger partial charge in [-0.2, -0.15) is 26.3 Å². The lowest BCUT2D eigenvalue weighted by molar-refractivity contribution is -0.148. The molecule has 0 spiro atoms. The lowest BCUT2D eigenvalue weighted by atomic mass is 9.99. The van der Waals surface area contributed by atoms with Gasteiger partial charge in [0, 0.05) is 12.2 Å². The summed E-state index contributed by atoms with van der Waals surface area (Å²) in [4.78, 5) is 36.4. The van der Waals surface area contributed by atoms with E-state index in [0.717, 1.165) is 0 Å². The second-order valence-electron chi connectivity index (χ2n) is 4.45. The van der Waals surface area contributed by atoms with Crippen molar-refractivity contribution < 1.29 is 40.7 Å². The summed E-state index contributed by atoms with van der Waals surface area (Å²) < 4.78 is 72.8. The Kier molecular flexibility index (Phi) is 6.74. The zero-order valence-corrected chi connectivity index (χ0v) is 11.8. The van der Waals surface area contributed by atoms with Crippen molar-refractivity contribution in [1.29, 1.82) is 0 Å². The molecule has 0 saturated carbocycles. The Morgan fingerprint density at radius 3 is 1.46 bits per heavy atom. The van der Waals surface area contributed by atoms with Gasteiger partial charge >= 0.3 is 6.03 Å². The molecule has 5 nitrogen and oxygen atoms in total. The molecule has 4 amide bonds. The zero-order valence-electron chi connectivity index (χ0n) is 11.8. The topological polar surface area (TPSA) is 57.7 Å². The zero-order chi connectivity index (χ0) is 18.4. The Bertz CT molecular complexity index is 516. The molecule has 0 unspecified atom stereocenters. The quantitative estimate of drug-likeness (QED) is 0.543. The molecule has 1 saturated heterocycles. The molecule has 0 aromatic heterocycles. The van der Waals surface area contributed by atoms with Crippen LogP contribution in [0.3, 0.4) is 0 Å². The molecule has 1 aliphatic rings. The third kappa shape index (κ3) is 4.96. The number of imide groups is 2. The molecule has 0 aliphatic carbocycles. The van der Waals surface area contributed by atoms with Crippen molar-refractivity contribution in [2.24, 2.45) is 5.92 Å². The third-order valence-electron chi connectivity index (χ3n) is 2.95. The van der Waals surface area contributed by atoms with Gasteiger partial charge in [-0.25, -0.2) is 4.79 Å². The van der Waals surface area contributed by atoms with E-state index in [4.69, 9.17) is 0 Å². The minimum absolute atomic E-state index is 0.192. The fraction of sp³-hybridized carbons (Fsp3) is 0.308. The van der Waals surface area contributed by atoms with Crippen molar-refractivity contribution >= 4 is 17.8 Å². The second-order valence-corrected chi connectivity index (χ2v) is 4.45. The van der Waals surface area contributed by atoms with Gasteiger partial charge < -0.3 is 0 Å². The highest BCUT2D eigenvalue weighted by atomic mass is 19.3. The number of urea groups is 1. The van der Waals surface area contributed by atoms with Crippen molar-refractivity contribution in [3.05, 3.63) is 36.5 Å². The highest BCUT2D eigenvalue weighted by molar-refractivity contribution is 6.16. The Morgan fingerprint density at radius 1 is 0.750 bits per heavy atom. The molecule has 1 fully saturated rings. The van der Waals surface area contributed by atoms with Crippen LogP contribution in [0.1, 0.15) is 6.42 Å². The van der Waals surface area contributed by atoms with E-state index >= 15 is 0 Å². The first-order valence-electron chi connectivity index (χ1n) is 6.35. The normalized spacial score (nSPS) is 15.5. The summed E-state index contributed by atoms with van der Waals surface area (Å²) in [5.41, 5.74) is 0. The van der Waals surface area contributed by atoms with E-state index < -0.39 is 61.5 Å². The van der Waals surface area contributed by atoms with Crippen molar-refractivity contribution in [2.75, 3.05) is 13.1 Å². The molecule has 1 rings (SSSR count). The maximum atomic E-state index is 12.1. The van der Waals surface area contributed by atoms with Crippen molar-refractivity contribution in [3.8, 4) is 0 Å². The summed E-state index contributed by atoms with van der Waals surface area (Å²) >= 11 is 0. The van der Waals surface area contributed by atoms with Crippen molar-refractivity contribution in [2.45, 2.75) is 6.42 Å². The summed E-state index contributed by atoms with van der Waals surface area (Å²) in [5.74, 6) is -4.32. The van der Waals surface area contributed by atoms with Gasteiger partial charge in [0.1, 0.15) is 5.92 Å². The van der Waals surface area contributed by atoms with E-state index in [-0.39, 0.29) is 28.0 Å². The average molecular weight is 356 g/mol. The van der Waals surface area contributed by atoms with E-state index in [9.17, 15) is 40.7 Å². The average Bonchev–Trinajstić information content (AvgIpc) is 2.45. The Labute approximate surface area is 131 Å². The Balaban J connectivity index is 3.15. The van der Waals surface area contributed by atoms with Gasteiger partial charge in [0.2, 0.25) is 11.8 Å². The number of amides is 4. The molecule has 1 aliphatic heterocycles. The van der Waals surface area contributed by atoms with Crippen molar-refractivity contribution in [1.82, 2.24) is 9.80 Å². The van der Waals surface area contributed by atoms with E-state index in [0.29, 0.717) is 0 Å². The van der Waals surface area contributed by atoms with Gasteiger partial charge in [0.25, 0.3) is 18.2 Å². The smallest absolute Gasteiger partial charge is 0.273 e. The molecule has 0 bridgehead atoms. The Hall–Kier alpha value is -2.59. The van der Waals surface area contributed by atoms with Gasteiger partial charge in [-0.1, -0.05) is 0 Å². The van der Waals surface area contributed by atoms with Gasteiger partial charge in [0.15, 0.2) is 0 Å². The predicted octanol–water partition coefficient (Wildman–Crippen LogP) is 3.12. The monoisotopic (exact) mass is 356 g/mol. The largest absolute Gasteiger partial charge is 0.334 e. The number of hydrogen-bond acceptors (Lipinski definition) is 3. The molecular formula is C13H10F6N2O3. The van der Waals surface area contributed by atoms with Crippen LogP contribution in [0.4, 0.5) is 31.1 Å². The van der Waals surface area contributed by atoms with E-state index in [1.165, 1.54) is 0 Å². The molecular weight excluding hydrogens is 346 g/mol. The number of halogens is 6. The number of carbonyl (C=O) groups excluding carboxylic acids is 3. The van der Waals surface area contributed by atoms with Crippen LogP contribution in [0.25, 0.3) is 0 Å². The summed E-state index contributed by atoms with van der Waals surface area (Å²) in [7, 11) is 0. The summed E-state index contributed by atoms with van der Waals surface area (Å²) in [6, 6.07) is -1.39. The number of nitrogens with zero attached hydrogens (tertiary/aromatic N) is 2.